The molecule has 0 aliphatic carbocycles. The SMILES string of the molecule is CC(=O)CC(Cc1ccc(C(=O)[O-])cc1)C1C(=O)Oc2ccccc2C1=O.[Na+]. The van der Waals surface area contributed by atoms with E-state index in [4.69, 9.17) is 4.74 Å². The summed E-state index contributed by atoms with van der Waals surface area (Å²) in [4.78, 5) is 48.0. The zero-order chi connectivity index (χ0) is 19.6. The number of ketones is 2. The van der Waals surface area contributed by atoms with Gasteiger partial charge in [-0.05, 0) is 42.5 Å². The van der Waals surface area contributed by atoms with E-state index in [1.165, 1.54) is 19.1 Å². The van der Waals surface area contributed by atoms with Gasteiger partial charge in [0.15, 0.2) is 5.78 Å². The first kappa shape index (κ1) is 22.0. The molecule has 0 saturated carbocycles. The third-order valence-electron chi connectivity index (χ3n) is 4.61. The van der Waals surface area contributed by atoms with Crippen molar-refractivity contribution in [2.75, 3.05) is 0 Å². The maximum Gasteiger partial charge on any atom is 1.00 e. The van der Waals surface area contributed by atoms with Crippen molar-refractivity contribution in [2.45, 2.75) is 19.8 Å². The molecule has 2 aromatic rings. The summed E-state index contributed by atoms with van der Waals surface area (Å²) in [5.41, 5.74) is 1.07. The van der Waals surface area contributed by atoms with Gasteiger partial charge in [0.1, 0.15) is 17.5 Å². The molecule has 138 valence electrons. The number of esters is 1. The Hall–Kier alpha value is -2.28. The summed E-state index contributed by atoms with van der Waals surface area (Å²) in [6.07, 6.45) is 0.302. The van der Waals surface area contributed by atoms with Gasteiger partial charge in [-0.25, -0.2) is 0 Å². The first-order chi connectivity index (χ1) is 12.9. The Kier molecular flexibility index (Phi) is 7.29. The van der Waals surface area contributed by atoms with Crippen LogP contribution in [-0.2, 0) is 16.0 Å². The molecule has 28 heavy (non-hydrogen) atoms. The van der Waals surface area contributed by atoms with Gasteiger partial charge in [-0.2, -0.15) is 0 Å². The van der Waals surface area contributed by atoms with Crippen LogP contribution in [0.15, 0.2) is 48.5 Å². The fraction of sp³-hybridized carbons (Fsp3) is 0.238. The number of aromatic carboxylic acids is 1. The van der Waals surface area contributed by atoms with E-state index >= 15 is 0 Å². The van der Waals surface area contributed by atoms with Gasteiger partial charge < -0.3 is 19.4 Å². The normalized spacial score (nSPS) is 16.4. The van der Waals surface area contributed by atoms with Crippen LogP contribution >= 0.6 is 0 Å². The summed E-state index contributed by atoms with van der Waals surface area (Å²) in [6.45, 7) is 1.40. The Morgan fingerprint density at radius 1 is 1.07 bits per heavy atom. The van der Waals surface area contributed by atoms with Gasteiger partial charge in [-0.1, -0.05) is 36.4 Å². The molecule has 1 aliphatic rings. The Morgan fingerprint density at radius 2 is 1.71 bits per heavy atom. The summed E-state index contributed by atoms with van der Waals surface area (Å²) in [7, 11) is 0. The average molecular weight is 388 g/mol. The van der Waals surface area contributed by atoms with E-state index in [-0.39, 0.29) is 65.3 Å². The molecule has 0 saturated heterocycles. The van der Waals surface area contributed by atoms with Gasteiger partial charge in [0.05, 0.1) is 11.5 Å². The van der Waals surface area contributed by atoms with Gasteiger partial charge in [0, 0.05) is 6.42 Å². The molecule has 0 N–H and O–H groups in total. The van der Waals surface area contributed by atoms with Gasteiger partial charge in [-0.15, -0.1) is 0 Å². The molecular formula is C21H17NaO6. The number of benzene rings is 2. The Morgan fingerprint density at radius 3 is 2.32 bits per heavy atom. The fourth-order valence-corrected chi connectivity index (χ4v) is 3.37. The quantitative estimate of drug-likeness (QED) is 0.261. The predicted octanol–water partition coefficient (Wildman–Crippen LogP) is -1.39. The molecule has 0 amide bonds. The summed E-state index contributed by atoms with van der Waals surface area (Å²) < 4.78 is 5.31. The van der Waals surface area contributed by atoms with Crippen LogP contribution in [0, 0.1) is 11.8 Å². The van der Waals surface area contributed by atoms with Crippen LogP contribution in [0.5, 0.6) is 5.75 Å². The summed E-state index contributed by atoms with van der Waals surface area (Å²) in [6, 6.07) is 12.5. The molecule has 0 aromatic heterocycles. The molecule has 1 aliphatic heterocycles. The first-order valence-corrected chi connectivity index (χ1v) is 8.51. The minimum Gasteiger partial charge on any atom is -0.545 e. The topological polar surface area (TPSA) is 101 Å². The number of ether oxygens (including phenoxy) is 1. The number of carboxylic acids is 1. The summed E-state index contributed by atoms with van der Waals surface area (Å²) in [5, 5.41) is 10.9. The average Bonchev–Trinajstić information content (AvgIpc) is 2.61. The summed E-state index contributed by atoms with van der Waals surface area (Å²) >= 11 is 0. The van der Waals surface area contributed by atoms with E-state index in [1.807, 2.05) is 0 Å². The van der Waals surface area contributed by atoms with Crippen LogP contribution < -0.4 is 39.4 Å². The van der Waals surface area contributed by atoms with Crippen LogP contribution in [-0.4, -0.2) is 23.5 Å². The van der Waals surface area contributed by atoms with Crippen LogP contribution in [0.2, 0.25) is 0 Å². The molecule has 0 bridgehead atoms. The molecule has 0 fully saturated rings. The second kappa shape index (κ2) is 9.28. The number of carboxylic acid groups (broad SMARTS) is 1. The van der Waals surface area contributed by atoms with Crippen molar-refractivity contribution in [1.82, 2.24) is 0 Å². The molecule has 0 radical (unpaired) electrons. The minimum absolute atomic E-state index is 0. The van der Waals surface area contributed by atoms with E-state index in [0.29, 0.717) is 11.1 Å². The third kappa shape index (κ3) is 4.76. The van der Waals surface area contributed by atoms with Crippen molar-refractivity contribution >= 4 is 23.5 Å². The van der Waals surface area contributed by atoms with Crippen LogP contribution in [0.4, 0.5) is 0 Å². The summed E-state index contributed by atoms with van der Waals surface area (Å²) in [5.74, 6) is -3.90. The van der Waals surface area contributed by atoms with Gasteiger partial charge in [0.2, 0.25) is 0 Å². The van der Waals surface area contributed by atoms with Gasteiger partial charge in [0.25, 0.3) is 0 Å². The second-order valence-corrected chi connectivity index (χ2v) is 6.61. The van der Waals surface area contributed by atoms with Crippen molar-refractivity contribution in [1.29, 1.82) is 0 Å². The fourth-order valence-electron chi connectivity index (χ4n) is 3.37. The Balaban J connectivity index is 0.00000280. The second-order valence-electron chi connectivity index (χ2n) is 6.61. The smallest absolute Gasteiger partial charge is 0.545 e. The zero-order valence-electron chi connectivity index (χ0n) is 15.6. The largest absolute Gasteiger partial charge is 1.00 e. The molecule has 1 heterocycles. The molecule has 2 unspecified atom stereocenters. The van der Waals surface area contributed by atoms with Crippen LogP contribution in [0.25, 0.3) is 0 Å². The number of carbonyl (C=O) groups excluding carboxylic acids is 4. The number of hydrogen-bond acceptors (Lipinski definition) is 6. The van der Waals surface area contributed by atoms with Crippen LogP contribution in [0.1, 0.15) is 39.6 Å². The van der Waals surface area contributed by atoms with E-state index in [1.54, 1.807) is 36.4 Å². The van der Waals surface area contributed by atoms with Crippen molar-refractivity contribution in [3.63, 3.8) is 0 Å². The van der Waals surface area contributed by atoms with Crippen molar-refractivity contribution in [3.8, 4) is 5.75 Å². The van der Waals surface area contributed by atoms with Gasteiger partial charge >= 0.3 is 35.5 Å². The molecule has 2 atom stereocenters. The van der Waals surface area contributed by atoms with Crippen molar-refractivity contribution < 1.29 is 58.6 Å². The van der Waals surface area contributed by atoms with E-state index in [0.717, 1.165) is 0 Å². The monoisotopic (exact) mass is 388 g/mol. The molecule has 2 aromatic carbocycles. The molecule has 0 spiro atoms. The molecule has 7 heteroatoms. The van der Waals surface area contributed by atoms with E-state index < -0.39 is 23.8 Å². The molecular weight excluding hydrogens is 371 g/mol. The van der Waals surface area contributed by atoms with Crippen LogP contribution in [0.3, 0.4) is 0 Å². The van der Waals surface area contributed by atoms with E-state index in [9.17, 15) is 24.3 Å². The Labute approximate surface area is 184 Å². The van der Waals surface area contributed by atoms with Crippen molar-refractivity contribution in [2.24, 2.45) is 11.8 Å². The first-order valence-electron chi connectivity index (χ1n) is 8.51. The number of Topliss-reactive ketones (excluding diaryl/α,β-unsaturated/α-hetero) is 2. The maximum atomic E-state index is 12.9. The van der Waals surface area contributed by atoms with Crippen molar-refractivity contribution in [3.05, 3.63) is 65.2 Å². The number of para-hydroxylation sites is 1. The number of rotatable bonds is 6. The molecule has 6 nitrogen and oxygen atoms in total. The zero-order valence-corrected chi connectivity index (χ0v) is 17.6. The Bertz CT molecular complexity index is 919. The standard InChI is InChI=1S/C21H18O6.Na/c1-12(22)10-15(11-13-6-8-14(9-7-13)20(24)25)18-19(23)16-4-2-3-5-17(16)27-21(18)26;/h2-9,15,18H,10-11H2,1H3,(H,24,25);/q;+1/p-1. The van der Waals surface area contributed by atoms with E-state index in [2.05, 4.69) is 0 Å². The third-order valence-corrected chi connectivity index (χ3v) is 4.61. The minimum atomic E-state index is -1.29. The predicted molar refractivity (Wildman–Crippen MR) is 93.2 cm³/mol. The number of hydrogen-bond donors (Lipinski definition) is 0. The number of carbonyl (C=O) groups is 4. The number of fused-ring (bicyclic) bond motifs is 1. The van der Waals surface area contributed by atoms with Gasteiger partial charge in [-0.3, -0.25) is 9.59 Å². The maximum absolute atomic E-state index is 12.9. The molecule has 3 rings (SSSR count).